The molecule has 5 nitrogen and oxygen atoms in total. The van der Waals surface area contributed by atoms with Gasteiger partial charge in [-0.3, -0.25) is 9.59 Å². The van der Waals surface area contributed by atoms with E-state index in [9.17, 15) is 9.59 Å². The lowest BCUT2D eigenvalue weighted by Gasteiger charge is -2.17. The Labute approximate surface area is 146 Å². The maximum atomic E-state index is 12.6. The van der Waals surface area contributed by atoms with Gasteiger partial charge in [0.25, 0.3) is 5.91 Å². The van der Waals surface area contributed by atoms with Crippen LogP contribution in [-0.4, -0.2) is 41.8 Å². The zero-order chi connectivity index (χ0) is 17.9. The van der Waals surface area contributed by atoms with Crippen LogP contribution >= 0.6 is 11.6 Å². The smallest absolute Gasteiger partial charge is 0.270 e. The molecule has 1 N–H and O–H groups in total. The van der Waals surface area contributed by atoms with Gasteiger partial charge in [0.05, 0.1) is 11.6 Å². The Morgan fingerprint density at radius 3 is 2.50 bits per heavy atom. The summed E-state index contributed by atoms with van der Waals surface area (Å²) in [5.74, 6) is 0.363. The number of benzene rings is 1. The number of Topliss-reactive ketones (excluding diaryl/α,β-unsaturated/α-hetero) is 1. The van der Waals surface area contributed by atoms with Crippen molar-refractivity contribution in [2.75, 3.05) is 20.2 Å². The largest absolute Gasteiger partial charge is 0.490 e. The van der Waals surface area contributed by atoms with E-state index in [2.05, 4.69) is 4.98 Å². The van der Waals surface area contributed by atoms with Crippen molar-refractivity contribution in [3.63, 3.8) is 0 Å². The molecule has 0 bridgehead atoms. The summed E-state index contributed by atoms with van der Waals surface area (Å²) in [5, 5.41) is 0.536. The highest BCUT2D eigenvalue weighted by Gasteiger charge is 2.22. The van der Waals surface area contributed by atoms with Gasteiger partial charge in [0, 0.05) is 18.3 Å². The summed E-state index contributed by atoms with van der Waals surface area (Å²) in [6, 6.07) is 7.19. The van der Waals surface area contributed by atoms with Crippen molar-refractivity contribution in [3.8, 4) is 5.75 Å². The van der Waals surface area contributed by atoms with E-state index in [1.54, 1.807) is 37.9 Å². The number of aryl methyl sites for hydroxylation is 1. The van der Waals surface area contributed by atoms with Crippen molar-refractivity contribution in [1.29, 1.82) is 0 Å². The molecule has 0 aliphatic heterocycles. The Morgan fingerprint density at radius 1 is 1.25 bits per heavy atom. The molecule has 2 aromatic rings. The predicted octanol–water partition coefficient (Wildman–Crippen LogP) is 3.64. The van der Waals surface area contributed by atoms with Crippen molar-refractivity contribution in [2.24, 2.45) is 0 Å². The summed E-state index contributed by atoms with van der Waals surface area (Å²) in [7, 11) is 1.70. The first-order valence-electron chi connectivity index (χ1n) is 7.65. The molecule has 0 radical (unpaired) electrons. The van der Waals surface area contributed by atoms with Crippen molar-refractivity contribution in [2.45, 2.75) is 20.8 Å². The highest BCUT2D eigenvalue weighted by molar-refractivity contribution is 6.32. The number of halogens is 1. The maximum absolute atomic E-state index is 12.6. The van der Waals surface area contributed by atoms with E-state index in [0.29, 0.717) is 46.4 Å². The lowest BCUT2D eigenvalue weighted by Crippen LogP contribution is -2.31. The number of rotatable bonds is 6. The van der Waals surface area contributed by atoms with E-state index < -0.39 is 0 Å². The van der Waals surface area contributed by atoms with Gasteiger partial charge in [0.2, 0.25) is 0 Å². The Hall–Kier alpha value is -2.27. The van der Waals surface area contributed by atoms with Crippen LogP contribution in [0.2, 0.25) is 5.02 Å². The molecule has 0 aliphatic carbocycles. The van der Waals surface area contributed by atoms with Crippen molar-refractivity contribution in [3.05, 3.63) is 51.8 Å². The first kappa shape index (κ1) is 18.1. The van der Waals surface area contributed by atoms with Crippen LogP contribution in [0.25, 0.3) is 0 Å². The van der Waals surface area contributed by atoms with E-state index in [1.165, 1.54) is 6.92 Å². The van der Waals surface area contributed by atoms with Gasteiger partial charge < -0.3 is 14.6 Å². The fourth-order valence-electron chi connectivity index (χ4n) is 2.64. The van der Waals surface area contributed by atoms with Crippen LogP contribution in [-0.2, 0) is 0 Å². The second-order valence-electron chi connectivity index (χ2n) is 5.69. The van der Waals surface area contributed by atoms with Crippen LogP contribution in [0.5, 0.6) is 5.75 Å². The number of carbonyl (C=O) groups is 2. The van der Waals surface area contributed by atoms with Gasteiger partial charge in [-0.1, -0.05) is 23.7 Å². The summed E-state index contributed by atoms with van der Waals surface area (Å²) in [5.41, 5.74) is 2.42. The Kier molecular flexibility index (Phi) is 5.67. The maximum Gasteiger partial charge on any atom is 0.270 e. The van der Waals surface area contributed by atoms with E-state index in [0.717, 1.165) is 0 Å². The Balaban J connectivity index is 2.01. The number of H-pyrrole nitrogens is 1. The van der Waals surface area contributed by atoms with Crippen LogP contribution in [0.15, 0.2) is 24.3 Å². The second kappa shape index (κ2) is 7.53. The number of aromatic amines is 1. The van der Waals surface area contributed by atoms with Crippen molar-refractivity contribution >= 4 is 23.3 Å². The molecule has 0 saturated carbocycles. The molecular weight excluding hydrogens is 328 g/mol. The monoisotopic (exact) mass is 348 g/mol. The van der Waals surface area contributed by atoms with Crippen LogP contribution in [0.3, 0.4) is 0 Å². The van der Waals surface area contributed by atoms with Gasteiger partial charge >= 0.3 is 0 Å². The van der Waals surface area contributed by atoms with Gasteiger partial charge in [0.1, 0.15) is 18.1 Å². The molecule has 2 rings (SSSR count). The molecule has 0 saturated heterocycles. The van der Waals surface area contributed by atoms with Gasteiger partial charge in [0.15, 0.2) is 5.78 Å². The summed E-state index contributed by atoms with van der Waals surface area (Å²) < 4.78 is 5.60. The number of hydrogen-bond acceptors (Lipinski definition) is 3. The molecule has 1 heterocycles. The average Bonchev–Trinajstić information content (AvgIpc) is 2.83. The standard InChI is InChI=1S/C18H21ClN2O3/c1-11-16(13(3)22)12(2)20-17(11)18(23)21(4)9-10-24-15-8-6-5-7-14(15)19/h5-8,20H,9-10H2,1-4H3. The molecule has 1 amide bonds. The number of ether oxygens (including phenoxy) is 1. The summed E-state index contributed by atoms with van der Waals surface area (Å²) in [6.07, 6.45) is 0. The third kappa shape index (κ3) is 3.79. The molecule has 0 fully saturated rings. The second-order valence-corrected chi connectivity index (χ2v) is 6.09. The Bertz CT molecular complexity index is 768. The number of hydrogen-bond donors (Lipinski definition) is 1. The number of likely N-dealkylation sites (N-methyl/N-ethyl adjacent to an activating group) is 1. The minimum absolute atomic E-state index is 0.0509. The fourth-order valence-corrected chi connectivity index (χ4v) is 2.83. The van der Waals surface area contributed by atoms with E-state index in [-0.39, 0.29) is 11.7 Å². The van der Waals surface area contributed by atoms with Crippen LogP contribution in [0, 0.1) is 13.8 Å². The number of para-hydroxylation sites is 1. The molecule has 1 aromatic heterocycles. The highest BCUT2D eigenvalue weighted by Crippen LogP contribution is 2.23. The first-order valence-corrected chi connectivity index (χ1v) is 8.03. The number of aromatic nitrogens is 1. The van der Waals surface area contributed by atoms with E-state index in [1.807, 2.05) is 12.1 Å². The molecule has 0 aliphatic rings. The number of ketones is 1. The highest BCUT2D eigenvalue weighted by atomic mass is 35.5. The molecular formula is C18H21ClN2O3. The molecule has 0 unspecified atom stereocenters. The fraction of sp³-hybridized carbons (Fsp3) is 0.333. The van der Waals surface area contributed by atoms with Crippen LogP contribution < -0.4 is 4.74 Å². The predicted molar refractivity (Wildman–Crippen MR) is 94.2 cm³/mol. The van der Waals surface area contributed by atoms with Gasteiger partial charge in [-0.2, -0.15) is 0 Å². The lowest BCUT2D eigenvalue weighted by atomic mass is 10.1. The van der Waals surface area contributed by atoms with E-state index >= 15 is 0 Å². The lowest BCUT2D eigenvalue weighted by molar-refractivity contribution is 0.0768. The normalized spacial score (nSPS) is 10.5. The van der Waals surface area contributed by atoms with Crippen LogP contribution in [0.4, 0.5) is 0 Å². The topological polar surface area (TPSA) is 62.4 Å². The minimum Gasteiger partial charge on any atom is -0.490 e. The summed E-state index contributed by atoms with van der Waals surface area (Å²) in [6.45, 7) is 5.79. The van der Waals surface area contributed by atoms with Crippen molar-refractivity contribution < 1.29 is 14.3 Å². The quantitative estimate of drug-likeness (QED) is 0.811. The number of nitrogens with zero attached hydrogens (tertiary/aromatic N) is 1. The van der Waals surface area contributed by atoms with Crippen LogP contribution in [0.1, 0.15) is 39.0 Å². The van der Waals surface area contributed by atoms with Gasteiger partial charge in [-0.15, -0.1) is 0 Å². The Morgan fingerprint density at radius 2 is 1.92 bits per heavy atom. The van der Waals surface area contributed by atoms with E-state index in [4.69, 9.17) is 16.3 Å². The number of nitrogens with one attached hydrogen (secondary N) is 1. The zero-order valence-electron chi connectivity index (χ0n) is 14.3. The minimum atomic E-state index is -0.175. The summed E-state index contributed by atoms with van der Waals surface area (Å²) >= 11 is 6.03. The molecule has 6 heteroatoms. The number of carbonyl (C=O) groups excluding carboxylic acids is 2. The SMILES string of the molecule is CC(=O)c1c(C)[nH]c(C(=O)N(C)CCOc2ccccc2Cl)c1C. The average molecular weight is 349 g/mol. The molecule has 0 spiro atoms. The van der Waals surface area contributed by atoms with Crippen molar-refractivity contribution in [1.82, 2.24) is 9.88 Å². The summed E-state index contributed by atoms with van der Waals surface area (Å²) in [4.78, 5) is 28.8. The first-order chi connectivity index (χ1) is 11.3. The van der Waals surface area contributed by atoms with Gasteiger partial charge in [-0.25, -0.2) is 0 Å². The third-order valence-electron chi connectivity index (χ3n) is 3.87. The number of amides is 1. The molecule has 0 atom stereocenters. The van der Waals surface area contributed by atoms with Gasteiger partial charge in [-0.05, 0) is 38.5 Å². The zero-order valence-corrected chi connectivity index (χ0v) is 15.0. The molecule has 128 valence electrons. The molecule has 1 aromatic carbocycles. The third-order valence-corrected chi connectivity index (χ3v) is 4.18. The molecule has 24 heavy (non-hydrogen) atoms.